The smallest absolute Gasteiger partial charge is 0.0994 e. The van der Waals surface area contributed by atoms with Crippen LogP contribution in [-0.2, 0) is 6.42 Å². The summed E-state index contributed by atoms with van der Waals surface area (Å²) in [6.45, 7) is 4.14. The van der Waals surface area contributed by atoms with E-state index in [1.54, 1.807) is 0 Å². The minimum atomic E-state index is 0.317. The van der Waals surface area contributed by atoms with Gasteiger partial charge < -0.3 is 0 Å². The predicted octanol–water partition coefficient (Wildman–Crippen LogP) is 4.08. The second-order valence-electron chi connectivity index (χ2n) is 5.11. The van der Waals surface area contributed by atoms with Crippen molar-refractivity contribution in [1.82, 2.24) is 0 Å². The van der Waals surface area contributed by atoms with E-state index >= 15 is 0 Å². The van der Waals surface area contributed by atoms with Crippen molar-refractivity contribution in [1.29, 1.82) is 10.5 Å². The first-order valence-electron chi connectivity index (χ1n) is 6.63. The topological polar surface area (TPSA) is 47.6 Å². The van der Waals surface area contributed by atoms with Crippen molar-refractivity contribution in [2.45, 2.75) is 26.2 Å². The average Bonchev–Trinajstić information content (AvgIpc) is 2.49. The molecule has 0 aliphatic heterocycles. The van der Waals surface area contributed by atoms with Gasteiger partial charge in [-0.15, -0.1) is 0 Å². The van der Waals surface area contributed by atoms with E-state index in [2.05, 4.69) is 19.1 Å². The van der Waals surface area contributed by atoms with Gasteiger partial charge in [0, 0.05) is 0 Å². The van der Waals surface area contributed by atoms with Crippen LogP contribution in [0.15, 0.2) is 42.5 Å². The fourth-order valence-corrected chi connectivity index (χ4v) is 2.31. The van der Waals surface area contributed by atoms with Crippen molar-refractivity contribution in [3.05, 3.63) is 70.3 Å². The fraction of sp³-hybridized carbons (Fsp3) is 0.222. The van der Waals surface area contributed by atoms with Gasteiger partial charge in [-0.3, -0.25) is 0 Å². The lowest BCUT2D eigenvalue weighted by Crippen LogP contribution is -2.01. The van der Waals surface area contributed by atoms with Gasteiger partial charge in [0.2, 0.25) is 0 Å². The van der Waals surface area contributed by atoms with E-state index < -0.39 is 0 Å². The number of hydrogen-bond acceptors (Lipinski definition) is 2. The summed E-state index contributed by atoms with van der Waals surface area (Å²) < 4.78 is 0. The molecule has 0 aliphatic carbocycles. The Kier molecular flexibility index (Phi) is 4.18. The molecule has 2 heteroatoms. The van der Waals surface area contributed by atoms with Gasteiger partial charge in [0.15, 0.2) is 0 Å². The van der Waals surface area contributed by atoms with Crippen LogP contribution in [0.2, 0.25) is 0 Å². The van der Waals surface area contributed by atoms with Gasteiger partial charge in [-0.2, -0.15) is 10.5 Å². The van der Waals surface area contributed by atoms with E-state index in [4.69, 9.17) is 5.26 Å². The van der Waals surface area contributed by atoms with Gasteiger partial charge in [-0.05, 0) is 54.2 Å². The third-order valence-electron chi connectivity index (χ3n) is 3.52. The number of nitrogens with zero attached hydrogens (tertiary/aromatic N) is 2. The molecule has 0 saturated heterocycles. The zero-order valence-electron chi connectivity index (χ0n) is 11.7. The van der Waals surface area contributed by atoms with E-state index in [9.17, 15) is 5.26 Å². The standard InChI is InChI=1S/C18H16N2/c1-13-3-6-17(18(9-13)12-20)10-14(2)16-7-4-15(11-19)5-8-16/h3-9,14H,10H2,1-2H3. The molecular weight excluding hydrogens is 244 g/mol. The van der Waals surface area contributed by atoms with Crippen LogP contribution in [0.1, 0.15) is 40.7 Å². The molecule has 0 saturated carbocycles. The van der Waals surface area contributed by atoms with E-state index in [0.717, 1.165) is 23.1 Å². The molecule has 98 valence electrons. The maximum atomic E-state index is 9.21. The molecular formula is C18H16N2. The molecule has 20 heavy (non-hydrogen) atoms. The molecule has 0 aliphatic rings. The molecule has 2 rings (SSSR count). The fourth-order valence-electron chi connectivity index (χ4n) is 2.31. The summed E-state index contributed by atoms with van der Waals surface area (Å²) in [6.07, 6.45) is 0.828. The quantitative estimate of drug-likeness (QED) is 0.834. The molecule has 0 amide bonds. The highest BCUT2D eigenvalue weighted by Crippen LogP contribution is 2.23. The highest BCUT2D eigenvalue weighted by atomic mass is 14.3. The van der Waals surface area contributed by atoms with E-state index in [1.165, 1.54) is 5.56 Å². The zero-order chi connectivity index (χ0) is 14.5. The number of rotatable bonds is 3. The van der Waals surface area contributed by atoms with Crippen LogP contribution in [0.4, 0.5) is 0 Å². The first kappa shape index (κ1) is 13.8. The molecule has 1 atom stereocenters. The Morgan fingerprint density at radius 1 is 1.00 bits per heavy atom. The predicted molar refractivity (Wildman–Crippen MR) is 79.2 cm³/mol. The lowest BCUT2D eigenvalue weighted by Gasteiger charge is -2.13. The van der Waals surface area contributed by atoms with Gasteiger partial charge in [-0.1, -0.05) is 31.2 Å². The molecule has 1 unspecified atom stereocenters. The molecule has 0 radical (unpaired) electrons. The summed E-state index contributed by atoms with van der Waals surface area (Å²) in [5.74, 6) is 0.317. The molecule has 0 fully saturated rings. The van der Waals surface area contributed by atoms with E-state index in [1.807, 2.05) is 49.4 Å². The summed E-state index contributed by atoms with van der Waals surface area (Å²) in [4.78, 5) is 0. The van der Waals surface area contributed by atoms with Crippen LogP contribution in [0.25, 0.3) is 0 Å². The van der Waals surface area contributed by atoms with Gasteiger partial charge in [-0.25, -0.2) is 0 Å². The highest BCUT2D eigenvalue weighted by molar-refractivity contribution is 5.42. The summed E-state index contributed by atoms with van der Waals surface area (Å²) in [6, 6.07) is 18.1. The lowest BCUT2D eigenvalue weighted by atomic mass is 9.91. The summed E-state index contributed by atoms with van der Waals surface area (Å²) in [5, 5.41) is 18.0. The largest absolute Gasteiger partial charge is 0.192 e. The Bertz CT molecular complexity index is 685. The summed E-state index contributed by atoms with van der Waals surface area (Å²) in [7, 11) is 0. The monoisotopic (exact) mass is 260 g/mol. The van der Waals surface area contributed by atoms with Crippen LogP contribution >= 0.6 is 0 Å². The van der Waals surface area contributed by atoms with Crippen molar-refractivity contribution in [2.24, 2.45) is 0 Å². The summed E-state index contributed by atoms with van der Waals surface area (Å²) >= 11 is 0. The number of aryl methyl sites for hydroxylation is 1. The first-order chi connectivity index (χ1) is 9.63. The van der Waals surface area contributed by atoms with Crippen molar-refractivity contribution in [3.8, 4) is 12.1 Å². The van der Waals surface area contributed by atoms with Gasteiger partial charge in [0.05, 0.1) is 23.3 Å². The van der Waals surface area contributed by atoms with Crippen LogP contribution in [0.3, 0.4) is 0 Å². The third kappa shape index (κ3) is 3.05. The molecule has 0 bridgehead atoms. The Balaban J connectivity index is 2.21. The first-order valence-corrected chi connectivity index (χ1v) is 6.63. The molecule has 2 nitrogen and oxygen atoms in total. The number of nitriles is 2. The Morgan fingerprint density at radius 3 is 2.30 bits per heavy atom. The normalized spacial score (nSPS) is 11.4. The zero-order valence-corrected chi connectivity index (χ0v) is 11.7. The Labute approximate surface area is 119 Å². The SMILES string of the molecule is Cc1ccc(CC(C)c2ccc(C#N)cc2)c(C#N)c1. The maximum absolute atomic E-state index is 9.21. The Morgan fingerprint density at radius 2 is 1.70 bits per heavy atom. The average molecular weight is 260 g/mol. The third-order valence-corrected chi connectivity index (χ3v) is 3.52. The Hall–Kier alpha value is -2.58. The number of hydrogen-bond donors (Lipinski definition) is 0. The molecule has 0 heterocycles. The van der Waals surface area contributed by atoms with Gasteiger partial charge >= 0.3 is 0 Å². The molecule has 0 N–H and O–H groups in total. The van der Waals surface area contributed by atoms with E-state index in [-0.39, 0.29) is 0 Å². The van der Waals surface area contributed by atoms with Crippen LogP contribution in [0, 0.1) is 29.6 Å². The number of benzene rings is 2. The van der Waals surface area contributed by atoms with Crippen molar-refractivity contribution < 1.29 is 0 Å². The molecule has 0 aromatic heterocycles. The molecule has 2 aromatic carbocycles. The van der Waals surface area contributed by atoms with E-state index in [0.29, 0.717) is 11.5 Å². The van der Waals surface area contributed by atoms with Crippen molar-refractivity contribution in [2.75, 3.05) is 0 Å². The minimum absolute atomic E-state index is 0.317. The van der Waals surface area contributed by atoms with Gasteiger partial charge in [0.25, 0.3) is 0 Å². The van der Waals surface area contributed by atoms with Crippen molar-refractivity contribution >= 4 is 0 Å². The van der Waals surface area contributed by atoms with Crippen molar-refractivity contribution in [3.63, 3.8) is 0 Å². The minimum Gasteiger partial charge on any atom is -0.192 e. The summed E-state index contributed by atoms with van der Waals surface area (Å²) in [5.41, 5.74) is 4.80. The van der Waals surface area contributed by atoms with Crippen LogP contribution in [-0.4, -0.2) is 0 Å². The lowest BCUT2D eigenvalue weighted by molar-refractivity contribution is 0.757. The van der Waals surface area contributed by atoms with Crippen LogP contribution in [0.5, 0.6) is 0 Å². The highest BCUT2D eigenvalue weighted by Gasteiger charge is 2.10. The maximum Gasteiger partial charge on any atom is 0.0994 e. The van der Waals surface area contributed by atoms with Crippen LogP contribution < -0.4 is 0 Å². The molecule has 0 spiro atoms. The second kappa shape index (κ2) is 6.04. The second-order valence-corrected chi connectivity index (χ2v) is 5.11. The molecule has 2 aromatic rings. The van der Waals surface area contributed by atoms with Gasteiger partial charge in [0.1, 0.15) is 0 Å².